The van der Waals surface area contributed by atoms with Gasteiger partial charge in [0.15, 0.2) is 0 Å². The minimum Gasteiger partial charge on any atom is -0.360 e. The number of aromatic nitrogens is 2. The molecule has 1 aliphatic rings. The van der Waals surface area contributed by atoms with Crippen LogP contribution >= 0.6 is 11.6 Å². The first-order chi connectivity index (χ1) is 19.7. The molecular weight excluding hydrogens is 542 g/mol. The highest BCUT2D eigenvalue weighted by molar-refractivity contribution is 6.35. The fraction of sp³-hybridized carbons (Fsp3) is 0.290. The predicted molar refractivity (Wildman–Crippen MR) is 159 cm³/mol. The minimum atomic E-state index is -0.375. The number of halogens is 1. The molecule has 0 bridgehead atoms. The summed E-state index contributed by atoms with van der Waals surface area (Å²) < 4.78 is 1.50. The van der Waals surface area contributed by atoms with E-state index in [1.165, 1.54) is 10.6 Å². The zero-order valence-electron chi connectivity index (χ0n) is 22.9. The standard InChI is InChI=1S/C31H32ClN5O4/c1-36(2)29(39)16-19-6-13-25(34-31(41)21-9-12-23-24(32)18-33-26(23)17-21)27(15-19)35-30(40)20-7-10-22(11-8-20)37-14-4-3-5-28(37)38/h3-5,7-12,14,17-19,25,27,33H,6,13,15-16H2,1-2H3,(H,34,41)(H,35,40)/t19-,25-,27+/m1/s1. The lowest BCUT2D eigenvalue weighted by Gasteiger charge is -2.37. The van der Waals surface area contributed by atoms with Crippen LogP contribution in [-0.2, 0) is 4.79 Å². The summed E-state index contributed by atoms with van der Waals surface area (Å²) in [6, 6.07) is 16.3. The molecule has 9 nitrogen and oxygen atoms in total. The Morgan fingerprint density at radius 3 is 2.39 bits per heavy atom. The van der Waals surface area contributed by atoms with Gasteiger partial charge in [-0.3, -0.25) is 23.7 Å². The molecule has 1 fully saturated rings. The van der Waals surface area contributed by atoms with Crippen molar-refractivity contribution in [2.24, 2.45) is 5.92 Å². The number of carbonyl (C=O) groups is 3. The van der Waals surface area contributed by atoms with E-state index in [0.29, 0.717) is 41.1 Å². The SMILES string of the molecule is CN(C)C(=O)C[C@@H]1CC[C@@H](NC(=O)c2ccc3c(Cl)c[nH]c3c2)[C@@H](NC(=O)c2ccc(-n3ccccc3=O)cc2)C1. The number of H-pyrrole nitrogens is 1. The van der Waals surface area contributed by atoms with Gasteiger partial charge in [0, 0.05) is 78.8 Å². The molecule has 0 radical (unpaired) electrons. The van der Waals surface area contributed by atoms with Gasteiger partial charge in [-0.05, 0) is 67.6 Å². The van der Waals surface area contributed by atoms with Crippen molar-refractivity contribution in [1.29, 1.82) is 0 Å². The number of hydrogen-bond donors (Lipinski definition) is 3. The van der Waals surface area contributed by atoms with E-state index in [1.54, 1.807) is 86.0 Å². The van der Waals surface area contributed by atoms with Crippen molar-refractivity contribution in [1.82, 2.24) is 25.1 Å². The summed E-state index contributed by atoms with van der Waals surface area (Å²) in [6.45, 7) is 0. The quantitative estimate of drug-likeness (QED) is 0.308. The second-order valence-electron chi connectivity index (χ2n) is 10.7. The highest BCUT2D eigenvalue weighted by atomic mass is 35.5. The Hall–Kier alpha value is -4.37. The maximum absolute atomic E-state index is 13.3. The molecule has 41 heavy (non-hydrogen) atoms. The van der Waals surface area contributed by atoms with E-state index in [2.05, 4.69) is 15.6 Å². The van der Waals surface area contributed by atoms with Gasteiger partial charge in [0.2, 0.25) is 5.91 Å². The van der Waals surface area contributed by atoms with Crippen LogP contribution in [-0.4, -0.2) is 58.4 Å². The van der Waals surface area contributed by atoms with Crippen LogP contribution in [0.4, 0.5) is 0 Å². The van der Waals surface area contributed by atoms with Gasteiger partial charge in [-0.1, -0.05) is 23.7 Å². The third-order valence-corrected chi connectivity index (χ3v) is 7.99. The Labute approximate surface area is 242 Å². The first-order valence-corrected chi connectivity index (χ1v) is 13.9. The zero-order valence-corrected chi connectivity index (χ0v) is 23.6. The number of rotatable bonds is 7. The van der Waals surface area contributed by atoms with E-state index in [0.717, 1.165) is 17.3 Å². The zero-order chi connectivity index (χ0) is 29.1. The van der Waals surface area contributed by atoms with Gasteiger partial charge in [0.25, 0.3) is 17.4 Å². The second-order valence-corrected chi connectivity index (χ2v) is 11.1. The van der Waals surface area contributed by atoms with Gasteiger partial charge in [-0.25, -0.2) is 0 Å². The van der Waals surface area contributed by atoms with Gasteiger partial charge in [-0.2, -0.15) is 0 Å². The summed E-state index contributed by atoms with van der Waals surface area (Å²) in [5.41, 5.74) is 2.17. The lowest BCUT2D eigenvalue weighted by atomic mass is 9.80. The molecule has 2 aromatic carbocycles. The smallest absolute Gasteiger partial charge is 0.255 e. The van der Waals surface area contributed by atoms with E-state index < -0.39 is 0 Å². The van der Waals surface area contributed by atoms with Crippen LogP contribution in [0.15, 0.2) is 77.9 Å². The largest absolute Gasteiger partial charge is 0.360 e. The highest BCUT2D eigenvalue weighted by Crippen LogP contribution is 2.29. The van der Waals surface area contributed by atoms with E-state index in [9.17, 15) is 19.2 Å². The molecule has 3 atom stereocenters. The average molecular weight is 574 g/mol. The van der Waals surface area contributed by atoms with Crippen molar-refractivity contribution in [2.75, 3.05) is 14.1 Å². The van der Waals surface area contributed by atoms with Crippen molar-refractivity contribution < 1.29 is 14.4 Å². The topological polar surface area (TPSA) is 116 Å². The molecule has 0 saturated heterocycles. The van der Waals surface area contributed by atoms with E-state index in [-0.39, 0.29) is 41.3 Å². The predicted octanol–water partition coefficient (Wildman–Crippen LogP) is 4.15. The van der Waals surface area contributed by atoms with E-state index >= 15 is 0 Å². The number of amides is 3. The molecule has 5 rings (SSSR count). The molecule has 3 N–H and O–H groups in total. The third kappa shape index (κ3) is 6.36. The lowest BCUT2D eigenvalue weighted by Crippen LogP contribution is -2.54. The summed E-state index contributed by atoms with van der Waals surface area (Å²) >= 11 is 6.18. The van der Waals surface area contributed by atoms with Crippen LogP contribution in [0.25, 0.3) is 16.6 Å². The Bertz CT molecular complexity index is 1640. The summed E-state index contributed by atoms with van der Waals surface area (Å²) in [4.78, 5) is 55.8. The van der Waals surface area contributed by atoms with Crippen molar-refractivity contribution in [3.8, 4) is 5.69 Å². The van der Waals surface area contributed by atoms with E-state index in [1.807, 2.05) is 0 Å². The van der Waals surface area contributed by atoms with Crippen LogP contribution in [0.3, 0.4) is 0 Å². The van der Waals surface area contributed by atoms with Crippen LogP contribution in [0.1, 0.15) is 46.4 Å². The molecule has 212 valence electrons. The number of nitrogens with zero attached hydrogens (tertiary/aromatic N) is 2. The van der Waals surface area contributed by atoms with Crippen LogP contribution in [0, 0.1) is 5.92 Å². The number of nitrogens with one attached hydrogen (secondary N) is 3. The van der Waals surface area contributed by atoms with Gasteiger partial charge in [0.1, 0.15) is 0 Å². The number of fused-ring (bicyclic) bond motifs is 1. The van der Waals surface area contributed by atoms with Gasteiger partial charge in [0.05, 0.1) is 5.02 Å². The van der Waals surface area contributed by atoms with Crippen molar-refractivity contribution >= 4 is 40.2 Å². The van der Waals surface area contributed by atoms with E-state index in [4.69, 9.17) is 11.6 Å². The maximum atomic E-state index is 13.3. The van der Waals surface area contributed by atoms with Crippen LogP contribution < -0.4 is 16.2 Å². The number of benzene rings is 2. The minimum absolute atomic E-state index is 0.0345. The first kappa shape index (κ1) is 28.2. The molecular formula is C31H32ClN5O4. The third-order valence-electron chi connectivity index (χ3n) is 7.68. The molecule has 4 aromatic rings. The van der Waals surface area contributed by atoms with Crippen LogP contribution in [0.2, 0.25) is 5.02 Å². The Balaban J connectivity index is 1.32. The van der Waals surface area contributed by atoms with Gasteiger partial charge < -0.3 is 20.5 Å². The number of hydrogen-bond acceptors (Lipinski definition) is 4. The summed E-state index contributed by atoms with van der Waals surface area (Å²) in [7, 11) is 3.46. The number of carbonyl (C=O) groups excluding carboxylic acids is 3. The summed E-state index contributed by atoms with van der Waals surface area (Å²) in [5, 5.41) is 7.64. The molecule has 2 heterocycles. The lowest BCUT2D eigenvalue weighted by molar-refractivity contribution is -0.130. The second kappa shape index (κ2) is 12.0. The maximum Gasteiger partial charge on any atom is 0.255 e. The Morgan fingerprint density at radius 2 is 1.66 bits per heavy atom. The van der Waals surface area contributed by atoms with Crippen molar-refractivity contribution in [2.45, 2.75) is 37.8 Å². The van der Waals surface area contributed by atoms with Crippen LogP contribution in [0.5, 0.6) is 0 Å². The number of aromatic amines is 1. The van der Waals surface area contributed by atoms with Gasteiger partial charge >= 0.3 is 0 Å². The molecule has 0 unspecified atom stereocenters. The van der Waals surface area contributed by atoms with Crippen molar-refractivity contribution in [3.05, 3.63) is 99.6 Å². The van der Waals surface area contributed by atoms with Crippen molar-refractivity contribution in [3.63, 3.8) is 0 Å². The molecule has 2 aromatic heterocycles. The monoisotopic (exact) mass is 573 g/mol. The molecule has 10 heteroatoms. The molecule has 3 amide bonds. The fourth-order valence-corrected chi connectivity index (χ4v) is 5.57. The molecule has 1 aliphatic carbocycles. The first-order valence-electron chi connectivity index (χ1n) is 13.6. The van der Waals surface area contributed by atoms with Gasteiger partial charge in [-0.15, -0.1) is 0 Å². The summed E-state index contributed by atoms with van der Waals surface area (Å²) in [6.07, 6.45) is 5.66. The highest BCUT2D eigenvalue weighted by Gasteiger charge is 2.34. The fourth-order valence-electron chi connectivity index (χ4n) is 5.35. The summed E-state index contributed by atoms with van der Waals surface area (Å²) in [5.74, 6) is -0.425. The average Bonchev–Trinajstić information content (AvgIpc) is 3.34. The molecule has 1 saturated carbocycles. The Kier molecular flexibility index (Phi) is 8.26. The molecule has 0 spiro atoms. The Morgan fingerprint density at radius 1 is 0.951 bits per heavy atom. The number of pyridine rings is 1. The molecule has 0 aliphatic heterocycles. The normalized spacial score (nSPS) is 18.6.